The van der Waals surface area contributed by atoms with Crippen LogP contribution in [-0.2, 0) is 6.54 Å². The van der Waals surface area contributed by atoms with Gasteiger partial charge in [0.15, 0.2) is 0 Å². The molecule has 0 saturated carbocycles. The highest BCUT2D eigenvalue weighted by atomic mass is 32.1. The summed E-state index contributed by atoms with van der Waals surface area (Å²) in [7, 11) is 0. The van der Waals surface area contributed by atoms with Crippen molar-refractivity contribution >= 4 is 22.4 Å². The summed E-state index contributed by atoms with van der Waals surface area (Å²) in [5.41, 5.74) is 4.83. The lowest BCUT2D eigenvalue weighted by Crippen LogP contribution is -2.13. The van der Waals surface area contributed by atoms with E-state index in [1.165, 1.54) is 16.9 Å². The highest BCUT2D eigenvalue weighted by Crippen LogP contribution is 2.27. The molecule has 0 radical (unpaired) electrons. The number of aromatic nitrogens is 3. The van der Waals surface area contributed by atoms with Crippen molar-refractivity contribution in [1.82, 2.24) is 14.8 Å². The fourth-order valence-corrected chi connectivity index (χ4v) is 3.92. The van der Waals surface area contributed by atoms with Crippen molar-refractivity contribution in [2.75, 3.05) is 5.32 Å². The first kappa shape index (κ1) is 18.1. The van der Waals surface area contributed by atoms with Crippen molar-refractivity contribution < 1.29 is 4.79 Å². The zero-order valence-corrected chi connectivity index (χ0v) is 16.5. The van der Waals surface area contributed by atoms with E-state index < -0.39 is 0 Å². The molecule has 2 heterocycles. The monoisotopic (exact) mass is 388 g/mol. The molecular formula is C22H20N4OS. The molecule has 4 rings (SSSR count). The van der Waals surface area contributed by atoms with Crippen LogP contribution < -0.4 is 5.32 Å². The van der Waals surface area contributed by atoms with Gasteiger partial charge in [-0.05, 0) is 25.5 Å². The summed E-state index contributed by atoms with van der Waals surface area (Å²) in [6.45, 7) is 4.73. The molecule has 0 saturated heterocycles. The van der Waals surface area contributed by atoms with Crippen LogP contribution in [0.1, 0.15) is 27.3 Å². The summed E-state index contributed by atoms with van der Waals surface area (Å²) in [5.74, 6) is -0.164. The van der Waals surface area contributed by atoms with Crippen LogP contribution in [0.4, 0.5) is 5.13 Å². The van der Waals surface area contributed by atoms with E-state index >= 15 is 0 Å². The van der Waals surface area contributed by atoms with Crippen LogP contribution in [0.15, 0.2) is 66.7 Å². The Kier molecular flexibility index (Phi) is 5.04. The molecule has 0 fully saturated rings. The van der Waals surface area contributed by atoms with E-state index in [4.69, 9.17) is 0 Å². The van der Waals surface area contributed by atoms with E-state index in [9.17, 15) is 4.79 Å². The predicted molar refractivity (Wildman–Crippen MR) is 113 cm³/mol. The Morgan fingerprint density at radius 1 is 1.00 bits per heavy atom. The largest absolute Gasteiger partial charge is 0.344 e. The van der Waals surface area contributed by atoms with Crippen LogP contribution in [0.25, 0.3) is 10.6 Å². The average Bonchev–Trinajstić information content (AvgIpc) is 3.29. The number of amides is 1. The summed E-state index contributed by atoms with van der Waals surface area (Å²) in [6, 6.07) is 22.0. The van der Waals surface area contributed by atoms with Gasteiger partial charge in [-0.2, -0.15) is 0 Å². The van der Waals surface area contributed by atoms with Gasteiger partial charge in [-0.3, -0.25) is 10.1 Å². The second-order valence-electron chi connectivity index (χ2n) is 6.59. The minimum Gasteiger partial charge on any atom is -0.344 e. The van der Waals surface area contributed by atoms with Gasteiger partial charge in [-0.25, -0.2) is 0 Å². The first-order chi connectivity index (χ1) is 13.6. The van der Waals surface area contributed by atoms with Crippen LogP contribution in [-0.4, -0.2) is 20.7 Å². The van der Waals surface area contributed by atoms with Gasteiger partial charge < -0.3 is 4.57 Å². The van der Waals surface area contributed by atoms with E-state index in [1.54, 1.807) is 0 Å². The summed E-state index contributed by atoms with van der Waals surface area (Å²) >= 11 is 1.37. The van der Waals surface area contributed by atoms with Gasteiger partial charge in [0.25, 0.3) is 5.91 Å². The molecule has 1 N–H and O–H groups in total. The second-order valence-corrected chi connectivity index (χ2v) is 7.57. The molecule has 28 heavy (non-hydrogen) atoms. The minimum atomic E-state index is -0.164. The smallest absolute Gasteiger partial charge is 0.259 e. The highest BCUT2D eigenvalue weighted by molar-refractivity contribution is 7.18. The van der Waals surface area contributed by atoms with Gasteiger partial charge >= 0.3 is 0 Å². The molecule has 6 heteroatoms. The lowest BCUT2D eigenvalue weighted by Gasteiger charge is -2.10. The van der Waals surface area contributed by atoms with Gasteiger partial charge in [0.2, 0.25) is 5.13 Å². The molecule has 0 spiro atoms. The number of nitrogens with zero attached hydrogens (tertiary/aromatic N) is 3. The van der Waals surface area contributed by atoms with Crippen LogP contribution in [0.2, 0.25) is 0 Å². The molecule has 2 aromatic heterocycles. The number of benzene rings is 2. The molecule has 0 atom stereocenters. The normalized spacial score (nSPS) is 10.8. The van der Waals surface area contributed by atoms with Crippen molar-refractivity contribution in [3.8, 4) is 10.6 Å². The Hall–Kier alpha value is -3.25. The highest BCUT2D eigenvalue weighted by Gasteiger charge is 2.18. The maximum absolute atomic E-state index is 12.8. The number of carbonyl (C=O) groups excluding carboxylic acids is 1. The Balaban J connectivity index is 1.53. The fraction of sp³-hybridized carbons (Fsp3) is 0.136. The average molecular weight is 388 g/mol. The Labute approximate surface area is 167 Å². The van der Waals surface area contributed by atoms with Gasteiger partial charge in [-0.1, -0.05) is 72.0 Å². The maximum Gasteiger partial charge on any atom is 0.259 e. The predicted octanol–water partition coefficient (Wildman–Crippen LogP) is 4.92. The van der Waals surface area contributed by atoms with E-state index in [0.717, 1.165) is 28.5 Å². The van der Waals surface area contributed by atoms with E-state index in [-0.39, 0.29) is 5.91 Å². The number of aryl methyl sites for hydroxylation is 1. The zero-order valence-electron chi connectivity index (χ0n) is 15.7. The zero-order chi connectivity index (χ0) is 19.5. The van der Waals surface area contributed by atoms with E-state index in [0.29, 0.717) is 10.7 Å². The minimum absolute atomic E-state index is 0.164. The third-order valence-electron chi connectivity index (χ3n) is 4.67. The quantitative estimate of drug-likeness (QED) is 0.528. The van der Waals surface area contributed by atoms with E-state index in [2.05, 4.69) is 32.2 Å². The maximum atomic E-state index is 12.8. The van der Waals surface area contributed by atoms with Gasteiger partial charge in [0, 0.05) is 23.5 Å². The molecule has 0 aliphatic rings. The number of anilines is 1. The number of hydrogen-bond acceptors (Lipinski definition) is 4. The molecule has 140 valence electrons. The fourth-order valence-electron chi connectivity index (χ4n) is 3.18. The first-order valence-electron chi connectivity index (χ1n) is 9.03. The summed E-state index contributed by atoms with van der Waals surface area (Å²) in [4.78, 5) is 12.8. The Morgan fingerprint density at radius 2 is 1.68 bits per heavy atom. The van der Waals surface area contributed by atoms with Crippen molar-refractivity contribution in [2.24, 2.45) is 0 Å². The third kappa shape index (κ3) is 3.73. The number of carbonyl (C=O) groups is 1. The summed E-state index contributed by atoms with van der Waals surface area (Å²) < 4.78 is 2.15. The van der Waals surface area contributed by atoms with E-state index in [1.807, 2.05) is 68.4 Å². The van der Waals surface area contributed by atoms with Crippen molar-refractivity contribution in [3.05, 3.63) is 89.2 Å². The van der Waals surface area contributed by atoms with Gasteiger partial charge in [0.1, 0.15) is 5.01 Å². The van der Waals surface area contributed by atoms with Gasteiger partial charge in [-0.15, -0.1) is 10.2 Å². The van der Waals surface area contributed by atoms with Crippen molar-refractivity contribution in [3.63, 3.8) is 0 Å². The summed E-state index contributed by atoms with van der Waals surface area (Å²) in [6.07, 6.45) is 0. The second kappa shape index (κ2) is 7.78. The lowest BCUT2D eigenvalue weighted by atomic mass is 10.2. The molecule has 0 unspecified atom stereocenters. The third-order valence-corrected chi connectivity index (χ3v) is 5.56. The molecule has 5 nitrogen and oxygen atoms in total. The topological polar surface area (TPSA) is 59.8 Å². The van der Waals surface area contributed by atoms with Crippen LogP contribution in [0, 0.1) is 13.8 Å². The molecule has 0 bridgehead atoms. The molecule has 0 aliphatic heterocycles. The standard InChI is InChI=1S/C22H20N4OS/c1-15-13-19(16(2)26(15)14-17-9-5-3-6-10-17)20(27)23-22-25-24-21(28-22)18-11-7-4-8-12-18/h3-13H,14H2,1-2H3,(H,23,25,27). The molecule has 1 amide bonds. The molecule has 4 aromatic rings. The number of rotatable bonds is 5. The van der Waals surface area contributed by atoms with Crippen LogP contribution in [0.3, 0.4) is 0 Å². The summed E-state index contributed by atoms with van der Waals surface area (Å²) in [5, 5.41) is 12.5. The van der Waals surface area contributed by atoms with Crippen LogP contribution in [0.5, 0.6) is 0 Å². The van der Waals surface area contributed by atoms with Gasteiger partial charge in [0.05, 0.1) is 5.56 Å². The SMILES string of the molecule is Cc1cc(C(=O)Nc2nnc(-c3ccccc3)s2)c(C)n1Cc1ccccc1. The molecule has 0 aliphatic carbocycles. The number of hydrogen-bond donors (Lipinski definition) is 1. The van der Waals surface area contributed by atoms with Crippen molar-refractivity contribution in [1.29, 1.82) is 0 Å². The Morgan fingerprint density at radius 3 is 2.39 bits per heavy atom. The number of nitrogens with one attached hydrogen (secondary N) is 1. The first-order valence-corrected chi connectivity index (χ1v) is 9.84. The molecule has 2 aromatic carbocycles. The van der Waals surface area contributed by atoms with Crippen molar-refractivity contribution in [2.45, 2.75) is 20.4 Å². The Bertz CT molecular complexity index is 1100. The van der Waals surface area contributed by atoms with Crippen LogP contribution >= 0.6 is 11.3 Å². The lowest BCUT2D eigenvalue weighted by molar-refractivity contribution is 0.102. The molecular weight excluding hydrogens is 368 g/mol.